The number of hydrogen-bond acceptors (Lipinski definition) is 2. The molecule has 1 N–H and O–H groups in total. The van der Waals surface area contributed by atoms with Crippen molar-refractivity contribution in [2.45, 2.75) is 63.0 Å². The van der Waals surface area contributed by atoms with E-state index < -0.39 is 16.0 Å². The van der Waals surface area contributed by atoms with E-state index in [0.29, 0.717) is 5.75 Å². The first-order valence-corrected chi connectivity index (χ1v) is 9.18. The molecule has 2 atom stereocenters. The van der Waals surface area contributed by atoms with Gasteiger partial charge in [0.25, 0.3) is 0 Å². The maximum atomic E-state index is 12.4. The van der Waals surface area contributed by atoms with E-state index in [9.17, 15) is 9.00 Å². The lowest BCUT2D eigenvalue weighted by Crippen LogP contribution is -2.42. The van der Waals surface area contributed by atoms with Crippen molar-refractivity contribution in [2.24, 2.45) is 0 Å². The van der Waals surface area contributed by atoms with Crippen LogP contribution in [0.4, 0.5) is 0 Å². The van der Waals surface area contributed by atoms with E-state index in [1.54, 1.807) is 6.92 Å². The van der Waals surface area contributed by atoms with Crippen LogP contribution in [0.2, 0.25) is 0 Å². The predicted octanol–water partition coefficient (Wildman–Crippen LogP) is 3.08. The van der Waals surface area contributed by atoms with Gasteiger partial charge in [0, 0.05) is 22.6 Å². The molecule has 1 saturated carbocycles. The van der Waals surface area contributed by atoms with Crippen LogP contribution in [-0.4, -0.2) is 21.4 Å². The second kappa shape index (κ2) is 7.74. The Morgan fingerprint density at radius 2 is 1.95 bits per heavy atom. The Labute approximate surface area is 130 Å². The molecule has 0 spiro atoms. The van der Waals surface area contributed by atoms with Gasteiger partial charge in [-0.3, -0.25) is 9.00 Å². The molecule has 4 heteroatoms. The summed E-state index contributed by atoms with van der Waals surface area (Å²) in [7, 11) is -1.17. The molecule has 1 aromatic rings. The number of nitrogens with one attached hydrogen (secondary N) is 1. The molecule has 1 aliphatic rings. The van der Waals surface area contributed by atoms with Crippen molar-refractivity contribution in [3.05, 3.63) is 35.4 Å². The van der Waals surface area contributed by atoms with Crippen LogP contribution in [0.5, 0.6) is 0 Å². The lowest BCUT2D eigenvalue weighted by Gasteiger charge is -2.24. The fraction of sp³-hybridized carbons (Fsp3) is 0.588. The zero-order valence-corrected chi connectivity index (χ0v) is 13.7. The van der Waals surface area contributed by atoms with Gasteiger partial charge in [0.05, 0.1) is 0 Å². The maximum Gasteiger partial charge on any atom is 0.235 e. The van der Waals surface area contributed by atoms with E-state index >= 15 is 0 Å². The summed E-state index contributed by atoms with van der Waals surface area (Å²) in [5, 5.41) is 2.62. The Morgan fingerprint density at radius 3 is 2.62 bits per heavy atom. The maximum absolute atomic E-state index is 12.4. The van der Waals surface area contributed by atoms with E-state index in [4.69, 9.17) is 0 Å². The highest BCUT2D eigenvalue weighted by Gasteiger charge is 2.23. The van der Waals surface area contributed by atoms with E-state index in [2.05, 4.69) is 5.32 Å². The van der Waals surface area contributed by atoms with Gasteiger partial charge in [-0.05, 0) is 37.8 Å². The first-order valence-electron chi connectivity index (χ1n) is 7.80. The minimum atomic E-state index is -1.17. The standard InChI is InChI=1S/C17H25NO2S/c1-13-8-6-7-9-15(13)12-21(20)14(2)17(19)18-16-10-4-3-5-11-16/h6-9,14,16H,3-5,10-12H2,1-2H3,(H,18,19)/t14-,21+/m1/s1. The van der Waals surface area contributed by atoms with Gasteiger partial charge in [0.15, 0.2) is 0 Å². The summed E-state index contributed by atoms with van der Waals surface area (Å²) >= 11 is 0. The highest BCUT2D eigenvalue weighted by atomic mass is 32.2. The van der Waals surface area contributed by atoms with Crippen LogP contribution in [0.25, 0.3) is 0 Å². The van der Waals surface area contributed by atoms with E-state index in [-0.39, 0.29) is 11.9 Å². The third-order valence-electron chi connectivity index (χ3n) is 4.27. The summed E-state index contributed by atoms with van der Waals surface area (Å²) in [4.78, 5) is 12.2. The zero-order chi connectivity index (χ0) is 15.2. The highest BCUT2D eigenvalue weighted by Crippen LogP contribution is 2.18. The Kier molecular flexibility index (Phi) is 5.97. The lowest BCUT2D eigenvalue weighted by molar-refractivity contribution is -0.121. The zero-order valence-electron chi connectivity index (χ0n) is 12.9. The topological polar surface area (TPSA) is 46.2 Å². The quantitative estimate of drug-likeness (QED) is 0.908. The van der Waals surface area contributed by atoms with Gasteiger partial charge in [0.1, 0.15) is 5.25 Å². The minimum Gasteiger partial charge on any atom is -0.352 e. The Hall–Kier alpha value is -1.16. The molecule has 3 nitrogen and oxygen atoms in total. The van der Waals surface area contributed by atoms with Crippen molar-refractivity contribution in [1.82, 2.24) is 5.32 Å². The van der Waals surface area contributed by atoms with E-state index in [1.807, 2.05) is 31.2 Å². The normalized spacial score (nSPS) is 19.0. The monoisotopic (exact) mass is 307 g/mol. The van der Waals surface area contributed by atoms with Crippen LogP contribution in [0, 0.1) is 6.92 Å². The van der Waals surface area contributed by atoms with E-state index in [0.717, 1.165) is 24.0 Å². The Balaban J connectivity index is 1.89. The largest absolute Gasteiger partial charge is 0.352 e. The highest BCUT2D eigenvalue weighted by molar-refractivity contribution is 7.85. The number of rotatable bonds is 5. The molecule has 1 fully saturated rings. The van der Waals surface area contributed by atoms with Gasteiger partial charge in [0.2, 0.25) is 5.91 Å². The summed E-state index contributed by atoms with van der Waals surface area (Å²) < 4.78 is 12.4. The van der Waals surface area contributed by atoms with Crippen molar-refractivity contribution < 1.29 is 9.00 Å². The summed E-state index contributed by atoms with van der Waals surface area (Å²) in [5.74, 6) is 0.389. The first kappa shape index (κ1) is 16.2. The molecule has 0 aromatic heterocycles. The smallest absolute Gasteiger partial charge is 0.235 e. The average molecular weight is 307 g/mol. The van der Waals surface area contributed by atoms with Crippen LogP contribution in [0.1, 0.15) is 50.2 Å². The molecule has 116 valence electrons. The average Bonchev–Trinajstić information content (AvgIpc) is 2.49. The third kappa shape index (κ3) is 4.67. The molecule has 0 aliphatic heterocycles. The van der Waals surface area contributed by atoms with Crippen molar-refractivity contribution in [3.8, 4) is 0 Å². The second-order valence-electron chi connectivity index (χ2n) is 5.94. The Bertz CT molecular complexity index is 509. The SMILES string of the molecule is Cc1ccccc1C[S@](=O)[C@H](C)C(=O)NC1CCCCC1. The molecule has 0 radical (unpaired) electrons. The summed E-state index contributed by atoms with van der Waals surface area (Å²) in [6, 6.07) is 8.20. The van der Waals surface area contributed by atoms with Gasteiger partial charge >= 0.3 is 0 Å². The van der Waals surface area contributed by atoms with Crippen LogP contribution < -0.4 is 5.32 Å². The van der Waals surface area contributed by atoms with Gasteiger partial charge in [-0.25, -0.2) is 0 Å². The summed E-state index contributed by atoms with van der Waals surface area (Å²) in [6.07, 6.45) is 5.75. The van der Waals surface area contributed by atoms with Crippen LogP contribution in [0.15, 0.2) is 24.3 Å². The van der Waals surface area contributed by atoms with Crippen LogP contribution >= 0.6 is 0 Å². The number of hydrogen-bond donors (Lipinski definition) is 1. The molecular weight excluding hydrogens is 282 g/mol. The molecule has 1 aliphatic carbocycles. The predicted molar refractivity (Wildman–Crippen MR) is 87.5 cm³/mol. The summed E-state index contributed by atoms with van der Waals surface area (Å²) in [5.41, 5.74) is 2.19. The van der Waals surface area contributed by atoms with E-state index in [1.165, 1.54) is 19.3 Å². The fourth-order valence-electron chi connectivity index (χ4n) is 2.74. The molecule has 0 unspecified atom stereocenters. The second-order valence-corrected chi connectivity index (χ2v) is 7.69. The number of benzene rings is 1. The molecule has 0 saturated heterocycles. The number of carbonyl (C=O) groups is 1. The molecule has 0 heterocycles. The van der Waals surface area contributed by atoms with Gasteiger partial charge in [-0.15, -0.1) is 0 Å². The number of aryl methyl sites for hydroxylation is 1. The Morgan fingerprint density at radius 1 is 1.29 bits per heavy atom. The van der Waals surface area contributed by atoms with Gasteiger partial charge in [-0.1, -0.05) is 43.5 Å². The minimum absolute atomic E-state index is 0.0613. The molecular formula is C17H25NO2S. The van der Waals surface area contributed by atoms with Gasteiger partial charge in [-0.2, -0.15) is 0 Å². The molecule has 0 bridgehead atoms. The lowest BCUT2D eigenvalue weighted by atomic mass is 9.95. The summed E-state index contributed by atoms with van der Waals surface area (Å²) in [6.45, 7) is 3.78. The van der Waals surface area contributed by atoms with Crippen LogP contribution in [0.3, 0.4) is 0 Å². The van der Waals surface area contributed by atoms with Crippen molar-refractivity contribution in [2.75, 3.05) is 0 Å². The molecule has 1 amide bonds. The fourth-order valence-corrected chi connectivity index (χ4v) is 3.92. The third-order valence-corrected chi connectivity index (χ3v) is 5.87. The number of amides is 1. The van der Waals surface area contributed by atoms with Crippen LogP contribution in [-0.2, 0) is 21.3 Å². The van der Waals surface area contributed by atoms with Crippen molar-refractivity contribution in [3.63, 3.8) is 0 Å². The van der Waals surface area contributed by atoms with Crippen molar-refractivity contribution >= 4 is 16.7 Å². The first-order chi connectivity index (χ1) is 10.1. The van der Waals surface area contributed by atoms with Gasteiger partial charge < -0.3 is 5.32 Å². The molecule has 21 heavy (non-hydrogen) atoms. The number of carbonyl (C=O) groups excluding carboxylic acids is 1. The van der Waals surface area contributed by atoms with Crippen molar-refractivity contribution in [1.29, 1.82) is 0 Å². The molecule has 1 aromatic carbocycles. The molecule has 2 rings (SSSR count).